The Morgan fingerprint density at radius 3 is 2.50 bits per heavy atom. The van der Waals surface area contributed by atoms with Gasteiger partial charge in [0.05, 0.1) is 0 Å². The third-order valence-corrected chi connectivity index (χ3v) is 3.37. The number of aliphatic carboxylic acids is 1. The van der Waals surface area contributed by atoms with Crippen LogP contribution in [-0.4, -0.2) is 42.2 Å². The number of benzene rings is 1. The Hall–Kier alpha value is -1.76. The number of carboxylic acids is 1. The van der Waals surface area contributed by atoms with Gasteiger partial charge in [-0.2, -0.15) is 11.8 Å². The maximum absolute atomic E-state index is 12.8. The molecule has 2 N–H and O–H groups in total. The molecule has 1 unspecified atom stereocenters. The number of rotatable bonds is 6. The summed E-state index contributed by atoms with van der Waals surface area (Å²) in [5.41, 5.74) is 0.484. The molecule has 0 aliphatic carbocycles. The third-order valence-electron chi connectivity index (χ3n) is 2.73. The number of amides is 2. The number of hydrogen-bond donors (Lipinski definition) is 2. The SMILES string of the molecule is CSCCC(NC(=O)N(C)c1ccc(F)cc1)C(=O)O. The second kappa shape index (κ2) is 7.74. The number of thioether (sulfide) groups is 1. The first-order valence-electron chi connectivity index (χ1n) is 5.97. The van der Waals surface area contributed by atoms with Crippen molar-refractivity contribution in [2.45, 2.75) is 12.5 Å². The molecule has 5 nitrogen and oxygen atoms in total. The van der Waals surface area contributed by atoms with Gasteiger partial charge in [-0.05, 0) is 42.7 Å². The van der Waals surface area contributed by atoms with Crippen molar-refractivity contribution in [1.29, 1.82) is 0 Å². The summed E-state index contributed by atoms with van der Waals surface area (Å²) in [4.78, 5) is 24.3. The minimum absolute atomic E-state index is 0.347. The highest BCUT2D eigenvalue weighted by Gasteiger charge is 2.21. The summed E-state index contributed by atoms with van der Waals surface area (Å²) in [7, 11) is 1.50. The van der Waals surface area contributed by atoms with Crippen LogP contribution < -0.4 is 10.2 Å². The molecule has 2 amide bonds. The number of carboxylic acid groups (broad SMARTS) is 1. The number of carbonyl (C=O) groups excluding carboxylic acids is 1. The molecule has 0 radical (unpaired) electrons. The molecule has 0 aliphatic heterocycles. The lowest BCUT2D eigenvalue weighted by molar-refractivity contribution is -0.139. The van der Waals surface area contributed by atoms with Gasteiger partial charge in [-0.15, -0.1) is 0 Å². The number of urea groups is 1. The second-order valence-corrected chi connectivity index (χ2v) is 5.14. The molecule has 1 atom stereocenters. The highest BCUT2D eigenvalue weighted by Crippen LogP contribution is 2.13. The van der Waals surface area contributed by atoms with Crippen molar-refractivity contribution in [2.24, 2.45) is 0 Å². The summed E-state index contributed by atoms with van der Waals surface area (Å²) in [6.07, 6.45) is 2.21. The highest BCUT2D eigenvalue weighted by molar-refractivity contribution is 7.98. The summed E-state index contributed by atoms with van der Waals surface area (Å²) < 4.78 is 12.8. The van der Waals surface area contributed by atoms with E-state index in [0.29, 0.717) is 17.9 Å². The molecule has 7 heteroatoms. The lowest BCUT2D eigenvalue weighted by Crippen LogP contribution is -2.47. The first-order valence-corrected chi connectivity index (χ1v) is 7.36. The van der Waals surface area contributed by atoms with Crippen molar-refractivity contribution in [3.05, 3.63) is 30.1 Å². The summed E-state index contributed by atoms with van der Waals surface area (Å²) in [6, 6.07) is 3.91. The predicted octanol–water partition coefficient (Wildman–Crippen LogP) is 2.18. The molecule has 0 saturated carbocycles. The monoisotopic (exact) mass is 300 g/mol. The number of halogens is 1. The minimum Gasteiger partial charge on any atom is -0.480 e. The van der Waals surface area contributed by atoms with Crippen molar-refractivity contribution in [3.63, 3.8) is 0 Å². The molecule has 1 rings (SSSR count). The zero-order valence-corrected chi connectivity index (χ0v) is 12.1. The fourth-order valence-corrected chi connectivity index (χ4v) is 1.99. The van der Waals surface area contributed by atoms with Gasteiger partial charge < -0.3 is 10.4 Å². The van der Waals surface area contributed by atoms with E-state index in [1.807, 2.05) is 6.26 Å². The normalized spacial score (nSPS) is 11.8. The van der Waals surface area contributed by atoms with Gasteiger partial charge in [-0.3, -0.25) is 4.90 Å². The van der Waals surface area contributed by atoms with Crippen molar-refractivity contribution < 1.29 is 19.1 Å². The van der Waals surface area contributed by atoms with E-state index in [0.717, 1.165) is 0 Å². The van der Waals surface area contributed by atoms with E-state index in [1.54, 1.807) is 0 Å². The summed E-state index contributed by atoms with van der Waals surface area (Å²) in [5, 5.41) is 11.5. The van der Waals surface area contributed by atoms with Gasteiger partial charge in [0.15, 0.2) is 0 Å². The number of nitrogens with one attached hydrogen (secondary N) is 1. The topological polar surface area (TPSA) is 69.6 Å². The van der Waals surface area contributed by atoms with Gasteiger partial charge in [0.25, 0.3) is 0 Å². The standard InChI is InChI=1S/C13H17FN2O3S/c1-16(10-5-3-9(14)4-6-10)13(19)15-11(12(17)18)7-8-20-2/h3-6,11H,7-8H2,1-2H3,(H,15,19)(H,17,18). The smallest absolute Gasteiger partial charge is 0.326 e. The zero-order chi connectivity index (χ0) is 15.1. The Balaban J connectivity index is 2.68. The van der Waals surface area contributed by atoms with E-state index in [9.17, 15) is 14.0 Å². The van der Waals surface area contributed by atoms with E-state index in [4.69, 9.17) is 5.11 Å². The molecule has 0 bridgehead atoms. The van der Waals surface area contributed by atoms with Crippen LogP contribution in [0.15, 0.2) is 24.3 Å². The summed E-state index contributed by atoms with van der Waals surface area (Å²) >= 11 is 1.51. The van der Waals surface area contributed by atoms with Gasteiger partial charge in [0.1, 0.15) is 11.9 Å². The van der Waals surface area contributed by atoms with Crippen LogP contribution in [0.4, 0.5) is 14.9 Å². The van der Waals surface area contributed by atoms with Crippen LogP contribution in [0.2, 0.25) is 0 Å². The average Bonchev–Trinajstić information content (AvgIpc) is 2.42. The fraction of sp³-hybridized carbons (Fsp3) is 0.385. The van der Waals surface area contributed by atoms with Gasteiger partial charge in [-0.1, -0.05) is 0 Å². The molecule has 0 aromatic heterocycles. The Labute approximate surface area is 121 Å². The Kier molecular flexibility index (Phi) is 6.30. The Bertz CT molecular complexity index is 467. The van der Waals surface area contributed by atoms with Gasteiger partial charge in [0, 0.05) is 12.7 Å². The van der Waals surface area contributed by atoms with Crippen molar-refractivity contribution in [3.8, 4) is 0 Å². The van der Waals surface area contributed by atoms with Crippen LogP contribution in [0, 0.1) is 5.82 Å². The Morgan fingerprint density at radius 2 is 2.00 bits per heavy atom. The molecular weight excluding hydrogens is 283 g/mol. The summed E-state index contributed by atoms with van der Waals surface area (Å²) in [6.45, 7) is 0. The van der Waals surface area contributed by atoms with Gasteiger partial charge in [0.2, 0.25) is 0 Å². The highest BCUT2D eigenvalue weighted by atomic mass is 32.2. The van der Waals surface area contributed by atoms with Crippen LogP contribution in [0.5, 0.6) is 0 Å². The van der Waals surface area contributed by atoms with Crippen LogP contribution in [0.1, 0.15) is 6.42 Å². The van der Waals surface area contributed by atoms with E-state index in [-0.39, 0.29) is 0 Å². The van der Waals surface area contributed by atoms with Crippen molar-refractivity contribution in [2.75, 3.05) is 24.0 Å². The largest absolute Gasteiger partial charge is 0.480 e. The van der Waals surface area contributed by atoms with Crippen LogP contribution >= 0.6 is 11.8 Å². The van der Waals surface area contributed by atoms with E-state index >= 15 is 0 Å². The van der Waals surface area contributed by atoms with E-state index < -0.39 is 23.9 Å². The van der Waals surface area contributed by atoms with Crippen LogP contribution in [0.3, 0.4) is 0 Å². The number of carbonyl (C=O) groups is 2. The predicted molar refractivity (Wildman–Crippen MR) is 77.8 cm³/mol. The number of anilines is 1. The second-order valence-electron chi connectivity index (χ2n) is 4.16. The molecule has 1 aromatic carbocycles. The lowest BCUT2D eigenvalue weighted by atomic mass is 10.2. The summed E-state index contributed by atoms with van der Waals surface area (Å²) in [5.74, 6) is -0.830. The van der Waals surface area contributed by atoms with Crippen LogP contribution in [-0.2, 0) is 4.79 Å². The molecule has 20 heavy (non-hydrogen) atoms. The molecule has 0 saturated heterocycles. The molecular formula is C13H17FN2O3S. The van der Waals surface area contributed by atoms with E-state index in [2.05, 4.69) is 5.32 Å². The quantitative estimate of drug-likeness (QED) is 0.845. The molecule has 0 heterocycles. The zero-order valence-electron chi connectivity index (χ0n) is 11.3. The number of nitrogens with zero attached hydrogens (tertiary/aromatic N) is 1. The first kappa shape index (κ1) is 16.3. The average molecular weight is 300 g/mol. The fourth-order valence-electron chi connectivity index (χ4n) is 1.52. The van der Waals surface area contributed by atoms with Crippen LogP contribution in [0.25, 0.3) is 0 Å². The van der Waals surface area contributed by atoms with Crippen molar-refractivity contribution in [1.82, 2.24) is 5.32 Å². The Morgan fingerprint density at radius 1 is 1.40 bits per heavy atom. The minimum atomic E-state index is -1.07. The van der Waals surface area contributed by atoms with E-state index in [1.165, 1.54) is 48.0 Å². The maximum Gasteiger partial charge on any atom is 0.326 e. The number of hydrogen-bond acceptors (Lipinski definition) is 3. The van der Waals surface area contributed by atoms with Gasteiger partial charge in [-0.25, -0.2) is 14.0 Å². The third kappa shape index (κ3) is 4.73. The van der Waals surface area contributed by atoms with Crippen molar-refractivity contribution >= 4 is 29.4 Å². The maximum atomic E-state index is 12.8. The lowest BCUT2D eigenvalue weighted by Gasteiger charge is -2.21. The molecule has 1 aromatic rings. The molecule has 0 fully saturated rings. The van der Waals surface area contributed by atoms with Gasteiger partial charge >= 0.3 is 12.0 Å². The molecule has 110 valence electrons. The molecule has 0 aliphatic rings. The first-order chi connectivity index (χ1) is 9.45. The molecule has 0 spiro atoms.